The summed E-state index contributed by atoms with van der Waals surface area (Å²) in [6.07, 6.45) is 33.7. The average Bonchev–Trinajstić information content (AvgIpc) is 3.96. The molecule has 7 atom stereocenters. The number of nitrogen functional groups attached to an aromatic ring is 1. The SMILES string of the molecule is CC/C=C\C/C=C\C/C=C\C/C=C\C/C=C\CCCCCCCCC/C=C/C(=O)SCCNC(=O)CCNC(=O)[C@H](O)C(C)(C)COP(=O)(O)OP(=O)(O)OC[C@H]1O[C@@H](n2cnc3c(N)ncnc32)[C@H](O)[C@@H]1OP(=O)(O)O. The number of nitrogens with two attached hydrogens (primary N) is 1. The number of anilines is 1. The zero-order valence-electron chi connectivity index (χ0n) is 43.9. The maximum atomic E-state index is 12.8. The van der Waals surface area contributed by atoms with Gasteiger partial charge in [-0.25, -0.2) is 28.6 Å². The van der Waals surface area contributed by atoms with Gasteiger partial charge in [-0.3, -0.25) is 32.5 Å². The van der Waals surface area contributed by atoms with Gasteiger partial charge >= 0.3 is 23.5 Å². The molecular weight excluding hydrogens is 1080 g/mol. The van der Waals surface area contributed by atoms with Crippen LogP contribution < -0.4 is 16.4 Å². The zero-order chi connectivity index (χ0) is 56.7. The van der Waals surface area contributed by atoms with Crippen LogP contribution in [0.2, 0.25) is 0 Å². The van der Waals surface area contributed by atoms with Gasteiger partial charge in [0.2, 0.25) is 16.9 Å². The number of phosphoric ester groups is 3. The number of aliphatic hydroxyl groups excluding tert-OH is 2. The number of aliphatic hydroxyl groups is 2. The maximum absolute atomic E-state index is 12.8. The number of phosphoric acid groups is 3. The molecule has 0 aliphatic carbocycles. The number of unbranched alkanes of at least 4 members (excludes halogenated alkanes) is 8. The molecule has 1 aliphatic heterocycles. The van der Waals surface area contributed by atoms with Crippen molar-refractivity contribution in [2.75, 3.05) is 37.8 Å². The number of hydrogen-bond donors (Lipinski definition) is 9. The molecule has 24 nitrogen and oxygen atoms in total. The van der Waals surface area contributed by atoms with Gasteiger partial charge < -0.3 is 50.9 Å². The van der Waals surface area contributed by atoms with Gasteiger partial charge in [0.25, 0.3) is 0 Å². The van der Waals surface area contributed by atoms with Crippen LogP contribution in [-0.2, 0) is 50.7 Å². The fourth-order valence-corrected chi connectivity index (χ4v) is 10.7. The van der Waals surface area contributed by atoms with E-state index in [0.29, 0.717) is 5.75 Å². The highest BCUT2D eigenvalue weighted by Crippen LogP contribution is 2.61. The molecule has 2 unspecified atom stereocenters. The molecule has 2 aromatic heterocycles. The van der Waals surface area contributed by atoms with Gasteiger partial charge in [0.05, 0.1) is 19.5 Å². The van der Waals surface area contributed by atoms with Crippen LogP contribution in [0, 0.1) is 5.41 Å². The summed E-state index contributed by atoms with van der Waals surface area (Å²) in [5.41, 5.74) is 4.28. The first-order chi connectivity index (χ1) is 36.6. The molecule has 0 aromatic carbocycles. The van der Waals surface area contributed by atoms with Crippen molar-refractivity contribution in [2.45, 2.75) is 148 Å². The van der Waals surface area contributed by atoms with Gasteiger partial charge in [-0.1, -0.05) is 131 Å². The highest BCUT2D eigenvalue weighted by molar-refractivity contribution is 8.14. The number of fused-ring (bicyclic) bond motifs is 1. The van der Waals surface area contributed by atoms with E-state index in [0.717, 1.165) is 86.8 Å². The second-order valence-electron chi connectivity index (χ2n) is 18.4. The normalized spacial score (nSPS) is 19.6. The number of rotatable bonds is 39. The molecule has 1 aliphatic rings. The van der Waals surface area contributed by atoms with E-state index in [2.05, 4.69) is 102 Å². The third-order valence-corrected chi connectivity index (χ3v) is 15.3. The number of nitrogens with zero attached hydrogens (tertiary/aromatic N) is 4. The van der Waals surface area contributed by atoms with Crippen LogP contribution >= 0.6 is 35.2 Å². The lowest BCUT2D eigenvalue weighted by molar-refractivity contribution is -0.137. The minimum Gasteiger partial charge on any atom is -0.386 e. The number of aromatic nitrogens is 4. The van der Waals surface area contributed by atoms with Gasteiger partial charge in [0, 0.05) is 30.7 Å². The van der Waals surface area contributed by atoms with Crippen LogP contribution in [0.1, 0.15) is 123 Å². The van der Waals surface area contributed by atoms with Crippen LogP contribution in [0.5, 0.6) is 0 Å². The number of thioether (sulfide) groups is 1. The number of allylic oxidation sites excluding steroid dienone is 11. The lowest BCUT2D eigenvalue weighted by Crippen LogP contribution is -2.46. The van der Waals surface area contributed by atoms with Crippen molar-refractivity contribution < 1.29 is 80.5 Å². The molecule has 28 heteroatoms. The van der Waals surface area contributed by atoms with Crippen molar-refractivity contribution in [3.8, 4) is 0 Å². The molecule has 0 spiro atoms. The molecule has 1 saturated heterocycles. The largest absolute Gasteiger partial charge is 0.481 e. The summed E-state index contributed by atoms with van der Waals surface area (Å²) in [6.45, 7) is 2.63. The molecule has 3 heterocycles. The molecule has 0 saturated carbocycles. The van der Waals surface area contributed by atoms with E-state index >= 15 is 0 Å². The first-order valence-corrected chi connectivity index (χ1v) is 31.0. The van der Waals surface area contributed by atoms with Gasteiger partial charge in [0.15, 0.2) is 17.7 Å². The molecule has 2 aromatic rings. The number of imidazole rings is 1. The van der Waals surface area contributed by atoms with Crippen LogP contribution in [0.25, 0.3) is 11.2 Å². The summed E-state index contributed by atoms with van der Waals surface area (Å²) >= 11 is 1.06. The highest BCUT2D eigenvalue weighted by atomic mass is 32.2. The van der Waals surface area contributed by atoms with Crippen molar-refractivity contribution in [1.29, 1.82) is 0 Å². The molecular formula is C49H78N7O17P3S. The Hall–Kier alpha value is -4.00. The van der Waals surface area contributed by atoms with E-state index in [4.69, 9.17) is 19.5 Å². The van der Waals surface area contributed by atoms with Crippen molar-refractivity contribution >= 4 is 69.1 Å². The van der Waals surface area contributed by atoms with E-state index < -0.39 is 84.6 Å². The number of ether oxygens (including phenoxy) is 1. The molecule has 10 N–H and O–H groups in total. The van der Waals surface area contributed by atoms with E-state index in [1.165, 1.54) is 46.0 Å². The van der Waals surface area contributed by atoms with E-state index in [1.54, 1.807) is 6.08 Å². The Morgan fingerprint density at radius 3 is 1.99 bits per heavy atom. The van der Waals surface area contributed by atoms with Crippen LogP contribution in [-0.4, -0.2) is 123 Å². The van der Waals surface area contributed by atoms with Crippen molar-refractivity contribution in [3.63, 3.8) is 0 Å². The highest BCUT2D eigenvalue weighted by Gasteiger charge is 2.50. The number of nitrogens with one attached hydrogen (secondary N) is 2. The second-order valence-corrected chi connectivity index (χ2v) is 23.7. The Kier molecular flexibility index (Phi) is 31.1. The van der Waals surface area contributed by atoms with Gasteiger partial charge in [-0.05, 0) is 63.9 Å². The summed E-state index contributed by atoms with van der Waals surface area (Å²) < 4.78 is 62.5. The summed E-state index contributed by atoms with van der Waals surface area (Å²) in [7, 11) is -16.4. The van der Waals surface area contributed by atoms with Crippen molar-refractivity contribution in [3.05, 3.63) is 85.6 Å². The second kappa shape index (κ2) is 35.6. The Bertz CT molecular complexity index is 2470. The minimum absolute atomic E-state index is 0.0305. The molecule has 0 bridgehead atoms. The van der Waals surface area contributed by atoms with Crippen LogP contribution in [0.4, 0.5) is 5.82 Å². The molecule has 0 radical (unpaired) electrons. The third-order valence-electron chi connectivity index (χ3n) is 11.4. The molecule has 432 valence electrons. The average molecular weight is 1160 g/mol. The van der Waals surface area contributed by atoms with Gasteiger partial charge in [0.1, 0.15) is 36.3 Å². The number of carbonyl (C=O) groups excluding carboxylic acids is 3. The number of amides is 2. The van der Waals surface area contributed by atoms with Gasteiger partial charge in [-0.15, -0.1) is 0 Å². The third kappa shape index (κ3) is 27.6. The maximum Gasteiger partial charge on any atom is 0.481 e. The Morgan fingerprint density at radius 1 is 0.805 bits per heavy atom. The number of hydrogen-bond acceptors (Lipinski definition) is 18. The van der Waals surface area contributed by atoms with E-state index in [9.17, 15) is 57.9 Å². The summed E-state index contributed by atoms with van der Waals surface area (Å²) in [5, 5.41) is 26.5. The summed E-state index contributed by atoms with van der Waals surface area (Å²) in [4.78, 5) is 88.5. The van der Waals surface area contributed by atoms with Crippen LogP contribution in [0.3, 0.4) is 0 Å². The molecule has 1 fully saturated rings. The Balaban J connectivity index is 1.22. The molecule has 77 heavy (non-hydrogen) atoms. The Morgan fingerprint density at radius 2 is 1.38 bits per heavy atom. The van der Waals surface area contributed by atoms with E-state index in [-0.39, 0.29) is 41.6 Å². The molecule has 2 amide bonds. The predicted octanol–water partition coefficient (Wildman–Crippen LogP) is 7.48. The molecule has 3 rings (SSSR count). The van der Waals surface area contributed by atoms with E-state index in [1.807, 2.05) is 6.08 Å². The summed E-state index contributed by atoms with van der Waals surface area (Å²) in [6, 6.07) is 0. The Labute approximate surface area is 454 Å². The quantitative estimate of drug-likeness (QED) is 0.0135. The van der Waals surface area contributed by atoms with Crippen molar-refractivity contribution in [2.24, 2.45) is 5.41 Å². The predicted molar refractivity (Wildman–Crippen MR) is 292 cm³/mol. The summed E-state index contributed by atoms with van der Waals surface area (Å²) in [5.74, 6) is -1.12. The first kappa shape index (κ1) is 67.3. The fourth-order valence-electron chi connectivity index (χ4n) is 7.29. The zero-order valence-corrected chi connectivity index (χ0v) is 47.4. The smallest absolute Gasteiger partial charge is 0.386 e. The van der Waals surface area contributed by atoms with Crippen molar-refractivity contribution in [1.82, 2.24) is 30.2 Å². The number of carbonyl (C=O) groups is 3. The van der Waals surface area contributed by atoms with Crippen LogP contribution in [0.15, 0.2) is 85.6 Å². The fraction of sp³-hybridized carbons (Fsp3) is 0.592. The standard InChI is InChI=1S/C49H78N7O17P3S/c1-4-5-6-7-8-9-10-11-12-13-14-15-16-17-18-19-20-21-22-23-24-25-26-27-28-29-40(58)77-33-32-51-39(57)30-31-52-47(61)44(60)49(2,3)35-70-76(67,68)73-75(65,66)69-34-38-43(72-74(62,63)64)42(59)48(71-38)56-37-55-41-45(50)53-36-54-46(41)56/h5-6,8-9,11-12,14-15,17-18,28-29,36-38,42-44,48,59-60H,4,7,10,13,16,19-27,30-35H2,1-3H3,(H,51,57)(H,52,61)(H,65,66)(H,67,68)(H2,50,53,54)(H2,62,63,64)/b6-5-,9-8-,12-11-,15-14-,18-17-,29-28+/t38-,42-,43-,44+,48-/m1/s1. The lowest BCUT2D eigenvalue weighted by Gasteiger charge is -2.30. The monoisotopic (exact) mass is 1160 g/mol. The lowest BCUT2D eigenvalue weighted by atomic mass is 9.87. The van der Waals surface area contributed by atoms with Gasteiger partial charge in [-0.2, -0.15) is 4.31 Å². The minimum atomic E-state index is -5.58. The topological polar surface area (TPSA) is 364 Å². The first-order valence-electron chi connectivity index (χ1n) is 25.5.